The van der Waals surface area contributed by atoms with Crippen LogP contribution in [0.2, 0.25) is 0 Å². The van der Waals surface area contributed by atoms with E-state index in [9.17, 15) is 8.42 Å². The van der Waals surface area contributed by atoms with Crippen LogP contribution in [0.15, 0.2) is 29.3 Å². The summed E-state index contributed by atoms with van der Waals surface area (Å²) in [6.07, 6.45) is 1.47. The number of hydrogen-bond donors (Lipinski definition) is 2. The van der Waals surface area contributed by atoms with Crippen LogP contribution in [0, 0.1) is 0 Å². The third kappa shape index (κ3) is 3.18. The fraction of sp³-hybridized carbons (Fsp3) is 0.455. The minimum Gasteiger partial charge on any atom is -0.363 e. The molecule has 5 nitrogen and oxygen atoms in total. The molecule has 0 bridgehead atoms. The van der Waals surface area contributed by atoms with Crippen LogP contribution in [-0.4, -0.2) is 30.8 Å². The summed E-state index contributed by atoms with van der Waals surface area (Å²) in [6.45, 7) is 8.39. The molecule has 0 saturated carbocycles. The highest BCUT2D eigenvalue weighted by molar-refractivity contribution is 7.89. The van der Waals surface area contributed by atoms with Gasteiger partial charge in [-0.05, 0) is 13.0 Å². The number of H-pyrrole nitrogens is 1. The van der Waals surface area contributed by atoms with Crippen LogP contribution in [-0.2, 0) is 16.6 Å². The molecule has 0 aromatic carbocycles. The number of nitrogens with one attached hydrogen (secondary N) is 1. The zero-order valence-electron chi connectivity index (χ0n) is 10.2. The SMILES string of the molecule is C=C(C)CN(CC)S(=O)(=O)c1c[nH]c(CN)c1. The number of aromatic nitrogens is 1. The lowest BCUT2D eigenvalue weighted by atomic mass is 10.3. The van der Waals surface area contributed by atoms with Gasteiger partial charge in [-0.2, -0.15) is 4.31 Å². The molecule has 0 radical (unpaired) electrons. The molecule has 0 saturated heterocycles. The van der Waals surface area contributed by atoms with Crippen LogP contribution < -0.4 is 5.73 Å². The van der Waals surface area contributed by atoms with E-state index in [0.29, 0.717) is 25.3 Å². The van der Waals surface area contributed by atoms with E-state index >= 15 is 0 Å². The molecule has 3 N–H and O–H groups in total. The van der Waals surface area contributed by atoms with Crippen molar-refractivity contribution >= 4 is 10.0 Å². The van der Waals surface area contributed by atoms with Crippen molar-refractivity contribution in [1.82, 2.24) is 9.29 Å². The van der Waals surface area contributed by atoms with E-state index in [2.05, 4.69) is 11.6 Å². The van der Waals surface area contributed by atoms with Crippen molar-refractivity contribution in [3.05, 3.63) is 30.1 Å². The molecule has 0 atom stereocenters. The van der Waals surface area contributed by atoms with Gasteiger partial charge in [0.2, 0.25) is 10.0 Å². The topological polar surface area (TPSA) is 79.2 Å². The predicted octanol–water partition coefficient (Wildman–Crippen LogP) is 1.06. The van der Waals surface area contributed by atoms with E-state index in [1.807, 2.05) is 0 Å². The fourth-order valence-corrected chi connectivity index (χ4v) is 3.03. The zero-order chi connectivity index (χ0) is 13.1. The first-order valence-electron chi connectivity index (χ1n) is 5.43. The Morgan fingerprint density at radius 3 is 2.65 bits per heavy atom. The minimum atomic E-state index is -3.45. The average Bonchev–Trinajstić information content (AvgIpc) is 2.74. The quantitative estimate of drug-likeness (QED) is 0.748. The highest BCUT2D eigenvalue weighted by atomic mass is 32.2. The number of nitrogens with zero attached hydrogens (tertiary/aromatic N) is 1. The van der Waals surface area contributed by atoms with E-state index in [1.54, 1.807) is 19.9 Å². The monoisotopic (exact) mass is 257 g/mol. The summed E-state index contributed by atoms with van der Waals surface area (Å²) >= 11 is 0. The summed E-state index contributed by atoms with van der Waals surface area (Å²) in [6, 6.07) is 1.57. The van der Waals surface area contributed by atoms with Crippen LogP contribution >= 0.6 is 0 Å². The highest BCUT2D eigenvalue weighted by Gasteiger charge is 2.23. The number of hydrogen-bond acceptors (Lipinski definition) is 3. The van der Waals surface area contributed by atoms with Gasteiger partial charge in [0.1, 0.15) is 0 Å². The first kappa shape index (κ1) is 14.0. The molecular weight excluding hydrogens is 238 g/mol. The van der Waals surface area contributed by atoms with Gasteiger partial charge >= 0.3 is 0 Å². The molecule has 96 valence electrons. The van der Waals surface area contributed by atoms with Crippen molar-refractivity contribution in [2.75, 3.05) is 13.1 Å². The standard InChI is InChI=1S/C11H19N3O2S/c1-4-14(8-9(2)3)17(15,16)11-5-10(6-12)13-7-11/h5,7,13H,2,4,6,8,12H2,1,3H3. The smallest absolute Gasteiger partial charge is 0.244 e. The van der Waals surface area contributed by atoms with Gasteiger partial charge in [-0.1, -0.05) is 19.1 Å². The van der Waals surface area contributed by atoms with Gasteiger partial charge in [-0.15, -0.1) is 0 Å². The first-order chi connectivity index (χ1) is 7.91. The summed E-state index contributed by atoms with van der Waals surface area (Å²) in [7, 11) is -3.45. The Bertz CT molecular complexity index is 491. The molecule has 0 aliphatic carbocycles. The van der Waals surface area contributed by atoms with Crippen molar-refractivity contribution in [3.8, 4) is 0 Å². The minimum absolute atomic E-state index is 0.251. The number of aromatic amines is 1. The Hall–Kier alpha value is -1.11. The summed E-state index contributed by atoms with van der Waals surface area (Å²) < 4.78 is 25.9. The van der Waals surface area contributed by atoms with Crippen LogP contribution in [0.5, 0.6) is 0 Å². The Morgan fingerprint density at radius 2 is 2.24 bits per heavy atom. The molecule has 1 aromatic heterocycles. The van der Waals surface area contributed by atoms with Crippen LogP contribution in [0.1, 0.15) is 19.5 Å². The molecule has 0 fully saturated rings. The molecule has 0 unspecified atom stereocenters. The number of likely N-dealkylation sites (N-methyl/N-ethyl adjacent to an activating group) is 1. The Kier molecular flexibility index (Phi) is 4.50. The fourth-order valence-electron chi connectivity index (χ4n) is 1.50. The van der Waals surface area contributed by atoms with Gasteiger partial charge < -0.3 is 10.7 Å². The second kappa shape index (κ2) is 5.48. The van der Waals surface area contributed by atoms with Gasteiger partial charge in [0.05, 0.1) is 4.90 Å². The Morgan fingerprint density at radius 1 is 1.59 bits per heavy atom. The van der Waals surface area contributed by atoms with Gasteiger partial charge in [0.15, 0.2) is 0 Å². The molecule has 17 heavy (non-hydrogen) atoms. The zero-order valence-corrected chi connectivity index (χ0v) is 11.0. The predicted molar refractivity (Wildman–Crippen MR) is 67.9 cm³/mol. The lowest BCUT2D eigenvalue weighted by molar-refractivity contribution is 0.453. The normalized spacial score (nSPS) is 12.0. The molecule has 6 heteroatoms. The molecule has 0 aliphatic rings. The lowest BCUT2D eigenvalue weighted by Gasteiger charge is -2.19. The van der Waals surface area contributed by atoms with Gasteiger partial charge in [-0.25, -0.2) is 8.42 Å². The van der Waals surface area contributed by atoms with E-state index < -0.39 is 10.0 Å². The second-order valence-corrected chi connectivity index (χ2v) is 5.89. The second-order valence-electron chi connectivity index (χ2n) is 3.95. The van der Waals surface area contributed by atoms with Crippen molar-refractivity contribution in [2.24, 2.45) is 5.73 Å². The van der Waals surface area contributed by atoms with Crippen LogP contribution in [0.4, 0.5) is 0 Å². The molecule has 0 aliphatic heterocycles. The van der Waals surface area contributed by atoms with Crippen molar-refractivity contribution in [1.29, 1.82) is 0 Å². The summed E-state index contributed by atoms with van der Waals surface area (Å²) in [5, 5.41) is 0. The summed E-state index contributed by atoms with van der Waals surface area (Å²) in [5.41, 5.74) is 6.96. The number of rotatable bonds is 6. The molecular formula is C11H19N3O2S. The summed E-state index contributed by atoms with van der Waals surface area (Å²) in [4.78, 5) is 3.09. The van der Waals surface area contributed by atoms with Crippen molar-refractivity contribution < 1.29 is 8.42 Å². The highest BCUT2D eigenvalue weighted by Crippen LogP contribution is 2.17. The van der Waals surface area contributed by atoms with E-state index in [0.717, 1.165) is 5.57 Å². The largest absolute Gasteiger partial charge is 0.363 e. The third-order valence-electron chi connectivity index (χ3n) is 2.37. The molecule has 1 heterocycles. The van der Waals surface area contributed by atoms with Gasteiger partial charge in [0.25, 0.3) is 0 Å². The van der Waals surface area contributed by atoms with Gasteiger partial charge in [-0.3, -0.25) is 0 Å². The Labute approximate surface area is 102 Å². The maximum atomic E-state index is 12.3. The maximum absolute atomic E-state index is 12.3. The van der Waals surface area contributed by atoms with Crippen LogP contribution in [0.25, 0.3) is 0 Å². The molecule has 0 spiro atoms. The third-order valence-corrected chi connectivity index (χ3v) is 4.27. The maximum Gasteiger partial charge on any atom is 0.244 e. The van der Waals surface area contributed by atoms with E-state index in [-0.39, 0.29) is 4.90 Å². The Balaban J connectivity index is 3.03. The molecule has 0 amide bonds. The van der Waals surface area contributed by atoms with Crippen molar-refractivity contribution in [2.45, 2.75) is 25.3 Å². The summed E-state index contributed by atoms with van der Waals surface area (Å²) in [5.74, 6) is 0. The number of sulfonamides is 1. The molecule has 1 aromatic rings. The molecule has 1 rings (SSSR count). The first-order valence-corrected chi connectivity index (χ1v) is 6.87. The van der Waals surface area contributed by atoms with Gasteiger partial charge in [0, 0.05) is 31.5 Å². The van der Waals surface area contributed by atoms with E-state index in [1.165, 1.54) is 10.5 Å². The van der Waals surface area contributed by atoms with Crippen molar-refractivity contribution in [3.63, 3.8) is 0 Å². The van der Waals surface area contributed by atoms with E-state index in [4.69, 9.17) is 5.73 Å². The lowest BCUT2D eigenvalue weighted by Crippen LogP contribution is -2.32. The average molecular weight is 257 g/mol. The number of nitrogens with two attached hydrogens (primary N) is 1. The van der Waals surface area contributed by atoms with Crippen LogP contribution in [0.3, 0.4) is 0 Å².